The summed E-state index contributed by atoms with van der Waals surface area (Å²) in [5.74, 6) is -4.20. The first-order valence-corrected chi connectivity index (χ1v) is 15.3. The van der Waals surface area contributed by atoms with Gasteiger partial charge in [0, 0.05) is 32.6 Å². The van der Waals surface area contributed by atoms with Gasteiger partial charge in [0.15, 0.2) is 0 Å². The van der Waals surface area contributed by atoms with Crippen molar-refractivity contribution in [2.24, 2.45) is 0 Å². The predicted molar refractivity (Wildman–Crippen MR) is 162 cm³/mol. The van der Waals surface area contributed by atoms with Crippen LogP contribution in [0.5, 0.6) is 0 Å². The molecule has 0 atom stereocenters. The van der Waals surface area contributed by atoms with E-state index in [0.717, 1.165) is 0 Å². The highest BCUT2D eigenvalue weighted by atomic mass is 16.6. The van der Waals surface area contributed by atoms with E-state index in [0.29, 0.717) is 0 Å². The second-order valence-electron chi connectivity index (χ2n) is 9.42. The van der Waals surface area contributed by atoms with E-state index in [9.17, 15) is 28.8 Å². The highest BCUT2D eigenvalue weighted by molar-refractivity contribution is 6.05. The van der Waals surface area contributed by atoms with Crippen LogP contribution in [0, 0.1) is 0 Å². The molecular formula is C30H51N3O12. The van der Waals surface area contributed by atoms with Crippen molar-refractivity contribution in [2.45, 2.75) is 53.5 Å². The largest absolute Gasteiger partial charge is 0.465 e. The van der Waals surface area contributed by atoms with Crippen molar-refractivity contribution < 1.29 is 57.2 Å². The van der Waals surface area contributed by atoms with Gasteiger partial charge >= 0.3 is 35.8 Å². The van der Waals surface area contributed by atoms with Crippen molar-refractivity contribution >= 4 is 35.8 Å². The van der Waals surface area contributed by atoms with Gasteiger partial charge in [0.2, 0.25) is 5.54 Å². The fourth-order valence-electron chi connectivity index (χ4n) is 4.31. The summed E-state index contributed by atoms with van der Waals surface area (Å²) in [4.78, 5) is 81.1. The maximum atomic E-state index is 13.4. The van der Waals surface area contributed by atoms with Crippen LogP contribution >= 0.6 is 0 Å². The lowest BCUT2D eigenvalue weighted by Crippen LogP contribution is -2.63. The molecule has 0 saturated carbocycles. The number of ether oxygens (including phenoxy) is 6. The van der Waals surface area contributed by atoms with Gasteiger partial charge < -0.3 is 28.4 Å². The van der Waals surface area contributed by atoms with E-state index in [1.54, 1.807) is 46.4 Å². The fraction of sp³-hybridized carbons (Fsp3) is 0.733. The highest BCUT2D eigenvalue weighted by Gasteiger charge is 2.53. The molecule has 0 heterocycles. The summed E-state index contributed by atoms with van der Waals surface area (Å²) in [7, 11) is 0. The zero-order valence-electron chi connectivity index (χ0n) is 27.6. The topological polar surface area (TPSA) is 168 Å². The number of hydrogen-bond donors (Lipinski definition) is 0. The molecule has 15 nitrogen and oxygen atoms in total. The van der Waals surface area contributed by atoms with Gasteiger partial charge in [-0.15, -0.1) is 6.58 Å². The highest BCUT2D eigenvalue weighted by Crippen LogP contribution is 2.26. The Balaban J connectivity index is 6.47. The molecule has 0 aromatic heterocycles. The third kappa shape index (κ3) is 15.3. The maximum absolute atomic E-state index is 13.4. The summed E-state index contributed by atoms with van der Waals surface area (Å²) < 4.78 is 30.9. The Morgan fingerprint density at radius 1 is 0.511 bits per heavy atom. The lowest BCUT2D eigenvalue weighted by atomic mass is 9.92. The average Bonchev–Trinajstić information content (AvgIpc) is 2.97. The fourth-order valence-corrected chi connectivity index (χ4v) is 4.31. The molecule has 0 fully saturated rings. The second kappa shape index (κ2) is 23.8. The molecule has 0 saturated heterocycles. The van der Waals surface area contributed by atoms with Crippen molar-refractivity contribution in [3.63, 3.8) is 0 Å². The standard InChI is InChI=1S/C30H51N3O12/c1-8-15-30(28(38)44-13-6,29(39)45-14-7)33(23-27(37)43-12-5)19-18-31(20-24(34)40-9-2)16-17-32(21-25(35)41-10-3)22-26(36)42-11-4/h8H,1,9-23H2,2-7H3. The maximum Gasteiger partial charge on any atom is 0.338 e. The van der Waals surface area contributed by atoms with Crippen molar-refractivity contribution in [1.82, 2.24) is 14.7 Å². The van der Waals surface area contributed by atoms with E-state index in [1.807, 2.05) is 0 Å². The monoisotopic (exact) mass is 645 g/mol. The normalized spacial score (nSPS) is 11.2. The molecule has 0 amide bonds. The second-order valence-corrected chi connectivity index (χ2v) is 9.42. The molecular weight excluding hydrogens is 594 g/mol. The summed E-state index contributed by atoms with van der Waals surface area (Å²) in [6.07, 6.45) is 1.11. The average molecular weight is 646 g/mol. The first-order chi connectivity index (χ1) is 21.5. The smallest absolute Gasteiger partial charge is 0.338 e. The van der Waals surface area contributed by atoms with Crippen molar-refractivity contribution in [3.8, 4) is 0 Å². The number of hydrogen-bond acceptors (Lipinski definition) is 15. The lowest BCUT2D eigenvalue weighted by molar-refractivity contribution is -0.177. The van der Waals surface area contributed by atoms with Crippen LogP contribution in [0.1, 0.15) is 48.0 Å². The third-order valence-electron chi connectivity index (χ3n) is 6.22. The van der Waals surface area contributed by atoms with Crippen LogP contribution in [-0.4, -0.2) is 148 Å². The van der Waals surface area contributed by atoms with E-state index in [2.05, 4.69) is 6.58 Å². The van der Waals surface area contributed by atoms with E-state index < -0.39 is 47.9 Å². The number of rotatable bonds is 25. The Morgan fingerprint density at radius 2 is 0.844 bits per heavy atom. The third-order valence-corrected chi connectivity index (χ3v) is 6.22. The number of carbonyl (C=O) groups excluding carboxylic acids is 6. The minimum absolute atomic E-state index is 0.0303. The number of nitrogens with zero attached hydrogens (tertiary/aromatic N) is 3. The lowest BCUT2D eigenvalue weighted by Gasteiger charge is -2.39. The Hall–Kier alpha value is -3.56. The molecule has 0 unspecified atom stereocenters. The van der Waals surface area contributed by atoms with Gasteiger partial charge in [-0.1, -0.05) is 6.08 Å². The summed E-state index contributed by atoms with van der Waals surface area (Å²) in [5.41, 5.74) is -2.07. The van der Waals surface area contributed by atoms with Gasteiger partial charge in [-0.2, -0.15) is 0 Å². The molecule has 0 N–H and O–H groups in total. The number of carbonyl (C=O) groups is 6. The van der Waals surface area contributed by atoms with Gasteiger partial charge in [-0.3, -0.25) is 33.9 Å². The molecule has 0 spiro atoms. The van der Waals surface area contributed by atoms with Crippen LogP contribution in [0.3, 0.4) is 0 Å². The molecule has 0 aromatic rings. The molecule has 0 rings (SSSR count). The van der Waals surface area contributed by atoms with Crippen LogP contribution < -0.4 is 0 Å². The SMILES string of the molecule is C=CCC(C(=O)OCC)(C(=O)OCC)N(CCN(CCN(CC(=O)OCC)CC(=O)OCC)CC(=O)OCC)CC(=O)OCC. The molecule has 0 aromatic carbocycles. The van der Waals surface area contributed by atoms with Gasteiger partial charge in [-0.25, -0.2) is 9.59 Å². The van der Waals surface area contributed by atoms with Crippen molar-refractivity contribution in [2.75, 3.05) is 92.0 Å². The molecule has 0 bridgehead atoms. The summed E-state index contributed by atoms with van der Waals surface area (Å²) >= 11 is 0. The zero-order chi connectivity index (χ0) is 34.3. The first kappa shape index (κ1) is 41.4. The molecule has 0 radical (unpaired) electrons. The summed E-state index contributed by atoms with van der Waals surface area (Å²) in [5, 5.41) is 0. The quantitative estimate of drug-likeness (QED) is 0.0585. The Kier molecular flexibility index (Phi) is 21.9. The van der Waals surface area contributed by atoms with E-state index in [-0.39, 0.29) is 91.9 Å². The minimum atomic E-state index is -2.07. The zero-order valence-corrected chi connectivity index (χ0v) is 27.6. The van der Waals surface area contributed by atoms with Crippen LogP contribution in [0.2, 0.25) is 0 Å². The van der Waals surface area contributed by atoms with E-state index in [1.165, 1.54) is 15.9 Å². The molecule has 15 heteroatoms. The van der Waals surface area contributed by atoms with Gasteiger partial charge in [-0.05, 0) is 41.5 Å². The van der Waals surface area contributed by atoms with Gasteiger partial charge in [0.05, 0.1) is 65.8 Å². The van der Waals surface area contributed by atoms with Crippen LogP contribution in [0.15, 0.2) is 12.7 Å². The number of esters is 6. The Labute approximate surface area is 266 Å². The van der Waals surface area contributed by atoms with Crippen LogP contribution in [0.25, 0.3) is 0 Å². The first-order valence-electron chi connectivity index (χ1n) is 15.3. The van der Waals surface area contributed by atoms with Crippen molar-refractivity contribution in [1.29, 1.82) is 0 Å². The van der Waals surface area contributed by atoms with Crippen molar-refractivity contribution in [3.05, 3.63) is 12.7 Å². The predicted octanol–water partition coefficient (Wildman–Crippen LogP) is 0.586. The van der Waals surface area contributed by atoms with E-state index >= 15 is 0 Å². The van der Waals surface area contributed by atoms with Gasteiger partial charge in [0.1, 0.15) is 0 Å². The molecule has 0 aliphatic rings. The van der Waals surface area contributed by atoms with Gasteiger partial charge in [0.25, 0.3) is 0 Å². The minimum Gasteiger partial charge on any atom is -0.465 e. The molecule has 0 aliphatic heterocycles. The van der Waals surface area contributed by atoms with E-state index in [4.69, 9.17) is 28.4 Å². The van der Waals surface area contributed by atoms with Crippen LogP contribution in [0.4, 0.5) is 0 Å². The molecule has 45 heavy (non-hydrogen) atoms. The summed E-state index contributed by atoms with van der Waals surface area (Å²) in [6.45, 7) is 13.0. The Morgan fingerprint density at radius 3 is 1.22 bits per heavy atom. The Bertz CT molecular complexity index is 920. The molecule has 258 valence electrons. The molecule has 0 aliphatic carbocycles. The van der Waals surface area contributed by atoms with Crippen LogP contribution in [-0.2, 0) is 57.2 Å². The summed E-state index contributed by atoms with van der Waals surface area (Å²) in [6, 6.07) is 0.